The van der Waals surface area contributed by atoms with E-state index in [1.54, 1.807) is 0 Å². The average Bonchev–Trinajstić information content (AvgIpc) is 2.78. The lowest BCUT2D eigenvalue weighted by Gasteiger charge is -2.03. The lowest BCUT2D eigenvalue weighted by atomic mass is 10.1. The highest BCUT2D eigenvalue weighted by Gasteiger charge is 2.16. The van der Waals surface area contributed by atoms with E-state index in [1.165, 1.54) is 33.2 Å². The molecule has 0 radical (unpaired) electrons. The van der Waals surface area contributed by atoms with Gasteiger partial charge in [0, 0.05) is 34.9 Å². The van der Waals surface area contributed by atoms with Gasteiger partial charge in [0.15, 0.2) is 0 Å². The van der Waals surface area contributed by atoms with E-state index in [0.29, 0.717) is 0 Å². The predicted molar refractivity (Wildman–Crippen MR) is 75.3 cm³/mol. The number of hydrogen-bond acceptors (Lipinski definition) is 1. The van der Waals surface area contributed by atoms with E-state index in [0.717, 1.165) is 12.2 Å². The van der Waals surface area contributed by atoms with Gasteiger partial charge in [-0.05, 0) is 46.2 Å². The van der Waals surface area contributed by atoms with Crippen LogP contribution in [0.25, 0.3) is 16.3 Å². The third kappa shape index (κ3) is 1.27. The van der Waals surface area contributed by atoms with E-state index in [9.17, 15) is 0 Å². The second-order valence-electron chi connectivity index (χ2n) is 5.10. The molecule has 0 aromatic carbocycles. The first-order chi connectivity index (χ1) is 8.54. The summed E-state index contributed by atoms with van der Waals surface area (Å²) in [6, 6.07) is 2.22. The van der Waals surface area contributed by atoms with Crippen LogP contribution in [0, 0.1) is 27.7 Å². The third-order valence-electron chi connectivity index (χ3n) is 3.91. The Morgan fingerprint density at radius 2 is 1.72 bits per heavy atom. The molecule has 3 heterocycles. The van der Waals surface area contributed by atoms with Crippen LogP contribution in [0.2, 0.25) is 0 Å². The number of aryl methyl sites for hydroxylation is 4. The molecule has 0 saturated heterocycles. The van der Waals surface area contributed by atoms with Crippen LogP contribution in [0.4, 0.5) is 0 Å². The summed E-state index contributed by atoms with van der Waals surface area (Å²) in [5, 5.41) is 7.35. The molecule has 0 N–H and O–H groups in total. The largest absolute Gasteiger partial charge is 0.348 e. The Morgan fingerprint density at radius 1 is 1.06 bits per heavy atom. The maximum atomic E-state index is 4.68. The van der Waals surface area contributed by atoms with Gasteiger partial charge in [-0.25, -0.2) is 4.52 Å². The van der Waals surface area contributed by atoms with E-state index < -0.39 is 0 Å². The Labute approximate surface area is 107 Å². The van der Waals surface area contributed by atoms with Crippen molar-refractivity contribution in [2.75, 3.05) is 0 Å². The van der Waals surface area contributed by atoms with Crippen molar-refractivity contribution in [3.63, 3.8) is 0 Å². The zero-order chi connectivity index (χ0) is 13.0. The number of rotatable bonds is 1. The van der Waals surface area contributed by atoms with Crippen LogP contribution in [0.15, 0.2) is 12.3 Å². The van der Waals surface area contributed by atoms with Crippen molar-refractivity contribution >= 4 is 16.3 Å². The molecule has 0 aliphatic carbocycles. The SMILES string of the molecule is CCn1c(C)c2c(C)nn3cc(C)cc3c2c1C. The zero-order valence-electron chi connectivity index (χ0n) is 11.7. The highest BCUT2D eigenvalue weighted by atomic mass is 15.2. The maximum Gasteiger partial charge on any atom is 0.0746 e. The summed E-state index contributed by atoms with van der Waals surface area (Å²) in [4.78, 5) is 0. The fourth-order valence-electron chi connectivity index (χ4n) is 3.18. The van der Waals surface area contributed by atoms with E-state index >= 15 is 0 Å². The Hall–Kier alpha value is -1.77. The maximum absolute atomic E-state index is 4.68. The van der Waals surface area contributed by atoms with Crippen LogP contribution in [0.1, 0.15) is 29.6 Å². The van der Waals surface area contributed by atoms with Crippen molar-refractivity contribution in [1.29, 1.82) is 0 Å². The molecule has 0 spiro atoms. The fraction of sp³-hybridized carbons (Fsp3) is 0.400. The highest BCUT2D eigenvalue weighted by Crippen LogP contribution is 2.31. The molecule has 0 aliphatic rings. The van der Waals surface area contributed by atoms with E-state index in [2.05, 4.69) is 56.5 Å². The Morgan fingerprint density at radius 3 is 2.39 bits per heavy atom. The molecular weight excluding hydrogens is 222 g/mol. The Balaban J connectivity index is 2.63. The molecule has 0 aliphatic heterocycles. The van der Waals surface area contributed by atoms with Gasteiger partial charge in [0.25, 0.3) is 0 Å². The summed E-state index contributed by atoms with van der Waals surface area (Å²) in [5.41, 5.74) is 6.27. The Bertz CT molecular complexity index is 759. The molecule has 0 atom stereocenters. The van der Waals surface area contributed by atoms with Crippen LogP contribution >= 0.6 is 0 Å². The number of hydrogen-bond donors (Lipinski definition) is 0. The van der Waals surface area contributed by atoms with Gasteiger partial charge >= 0.3 is 0 Å². The second kappa shape index (κ2) is 3.61. The van der Waals surface area contributed by atoms with Crippen molar-refractivity contribution in [3.8, 4) is 0 Å². The van der Waals surface area contributed by atoms with Crippen molar-refractivity contribution in [2.24, 2.45) is 0 Å². The molecule has 0 saturated carbocycles. The lowest BCUT2D eigenvalue weighted by Crippen LogP contribution is -1.98. The van der Waals surface area contributed by atoms with E-state index in [-0.39, 0.29) is 0 Å². The van der Waals surface area contributed by atoms with Crippen LogP contribution in [0.3, 0.4) is 0 Å². The van der Waals surface area contributed by atoms with Crippen LogP contribution in [-0.2, 0) is 6.54 Å². The second-order valence-corrected chi connectivity index (χ2v) is 5.10. The van der Waals surface area contributed by atoms with Gasteiger partial charge in [-0.15, -0.1) is 0 Å². The molecule has 0 bridgehead atoms. The molecule has 0 amide bonds. The molecular formula is C15H19N3. The van der Waals surface area contributed by atoms with Crippen molar-refractivity contribution in [2.45, 2.75) is 41.2 Å². The van der Waals surface area contributed by atoms with Gasteiger partial charge in [-0.3, -0.25) is 0 Å². The monoisotopic (exact) mass is 241 g/mol. The standard InChI is InChI=1S/C15H19N3/c1-6-17-11(4)14-10(3)16-18-8-9(2)7-13(18)15(14)12(17)5/h7-8H,6H2,1-5H3. The first-order valence-electron chi connectivity index (χ1n) is 6.49. The molecule has 0 unspecified atom stereocenters. The van der Waals surface area contributed by atoms with Crippen molar-refractivity contribution in [3.05, 3.63) is 34.9 Å². The van der Waals surface area contributed by atoms with Crippen LogP contribution in [0.5, 0.6) is 0 Å². The van der Waals surface area contributed by atoms with Gasteiger partial charge in [0.05, 0.1) is 11.2 Å². The first-order valence-corrected chi connectivity index (χ1v) is 6.49. The van der Waals surface area contributed by atoms with Gasteiger partial charge < -0.3 is 4.57 Å². The molecule has 18 heavy (non-hydrogen) atoms. The van der Waals surface area contributed by atoms with Gasteiger partial charge in [-0.1, -0.05) is 0 Å². The summed E-state index contributed by atoms with van der Waals surface area (Å²) >= 11 is 0. The van der Waals surface area contributed by atoms with E-state index in [1.807, 2.05) is 4.52 Å². The molecule has 3 nitrogen and oxygen atoms in total. The number of aromatic nitrogens is 3. The summed E-state index contributed by atoms with van der Waals surface area (Å²) in [5.74, 6) is 0. The topological polar surface area (TPSA) is 22.2 Å². The highest BCUT2D eigenvalue weighted by molar-refractivity contribution is 6.01. The molecule has 94 valence electrons. The summed E-state index contributed by atoms with van der Waals surface area (Å²) in [6.07, 6.45) is 2.10. The number of fused-ring (bicyclic) bond motifs is 3. The van der Waals surface area contributed by atoms with E-state index in [4.69, 9.17) is 0 Å². The minimum Gasteiger partial charge on any atom is -0.348 e. The lowest BCUT2D eigenvalue weighted by molar-refractivity contribution is 0.723. The van der Waals surface area contributed by atoms with Gasteiger partial charge in [-0.2, -0.15) is 5.10 Å². The minimum absolute atomic E-state index is 1.01. The first kappa shape index (κ1) is 11.3. The normalized spacial score (nSPS) is 11.8. The summed E-state index contributed by atoms with van der Waals surface area (Å²) in [6.45, 7) is 11.8. The Kier molecular flexibility index (Phi) is 2.27. The smallest absolute Gasteiger partial charge is 0.0746 e. The summed E-state index contributed by atoms with van der Waals surface area (Å²) < 4.78 is 4.39. The van der Waals surface area contributed by atoms with Crippen molar-refractivity contribution < 1.29 is 0 Å². The predicted octanol–water partition coefficient (Wildman–Crippen LogP) is 3.54. The molecule has 0 fully saturated rings. The molecule has 3 aromatic heterocycles. The molecule has 3 rings (SSSR count). The van der Waals surface area contributed by atoms with Crippen molar-refractivity contribution in [1.82, 2.24) is 14.2 Å². The van der Waals surface area contributed by atoms with Gasteiger partial charge in [0.1, 0.15) is 0 Å². The zero-order valence-corrected chi connectivity index (χ0v) is 11.7. The molecule has 3 aromatic rings. The third-order valence-corrected chi connectivity index (χ3v) is 3.91. The van der Waals surface area contributed by atoms with Gasteiger partial charge in [0.2, 0.25) is 0 Å². The van der Waals surface area contributed by atoms with Crippen LogP contribution in [-0.4, -0.2) is 14.2 Å². The average molecular weight is 241 g/mol. The fourth-order valence-corrected chi connectivity index (χ4v) is 3.18. The quantitative estimate of drug-likeness (QED) is 0.638. The summed E-state index contributed by atoms with van der Waals surface area (Å²) in [7, 11) is 0. The van der Waals surface area contributed by atoms with Crippen LogP contribution < -0.4 is 0 Å². The molecule has 3 heteroatoms. The number of nitrogens with zero attached hydrogens (tertiary/aromatic N) is 3. The minimum atomic E-state index is 1.01.